The average molecular weight is 266 g/mol. The fourth-order valence-corrected chi connectivity index (χ4v) is 2.68. The molecule has 0 saturated carbocycles. The van der Waals surface area contributed by atoms with Gasteiger partial charge >= 0.3 is 0 Å². The van der Waals surface area contributed by atoms with Crippen molar-refractivity contribution in [2.75, 3.05) is 26.3 Å². The van der Waals surface area contributed by atoms with Gasteiger partial charge < -0.3 is 19.3 Å². The number of aliphatic hydroxyl groups is 1. The molecule has 2 aliphatic rings. The first-order valence-electron chi connectivity index (χ1n) is 6.78. The molecule has 1 N–H and O–H groups in total. The van der Waals surface area contributed by atoms with Crippen molar-refractivity contribution in [1.29, 1.82) is 0 Å². The molecule has 1 saturated heterocycles. The van der Waals surface area contributed by atoms with E-state index in [9.17, 15) is 9.90 Å². The topological polar surface area (TPSA) is 75.8 Å². The maximum absolute atomic E-state index is 12.5. The standard InChI is InChI=1S/C13H18N2O4/c16-9-7-15(5-6-18-8-9)13(17)12-10-3-1-2-4-11(10)14-19-12/h9,16H,1-8H2. The third-order valence-electron chi connectivity index (χ3n) is 3.69. The number of hydrogen-bond donors (Lipinski definition) is 1. The van der Waals surface area contributed by atoms with Gasteiger partial charge in [-0.05, 0) is 25.7 Å². The Morgan fingerprint density at radius 1 is 1.37 bits per heavy atom. The van der Waals surface area contributed by atoms with Crippen LogP contribution >= 0.6 is 0 Å². The largest absolute Gasteiger partial charge is 0.389 e. The number of nitrogens with zero attached hydrogens (tertiary/aromatic N) is 2. The SMILES string of the molecule is O=C(c1onc2c1CCCC2)N1CCOCC(O)C1. The number of aliphatic hydroxyl groups excluding tert-OH is 1. The zero-order valence-electron chi connectivity index (χ0n) is 10.8. The smallest absolute Gasteiger partial charge is 0.292 e. The van der Waals surface area contributed by atoms with Gasteiger partial charge in [0.2, 0.25) is 5.76 Å². The van der Waals surface area contributed by atoms with Crippen LogP contribution in [0.2, 0.25) is 0 Å². The zero-order valence-corrected chi connectivity index (χ0v) is 10.8. The summed E-state index contributed by atoms with van der Waals surface area (Å²) in [7, 11) is 0. The van der Waals surface area contributed by atoms with Gasteiger partial charge in [-0.25, -0.2) is 0 Å². The number of carbonyl (C=O) groups is 1. The summed E-state index contributed by atoms with van der Waals surface area (Å²) in [5.74, 6) is 0.170. The van der Waals surface area contributed by atoms with E-state index in [0.717, 1.165) is 36.9 Å². The second kappa shape index (κ2) is 5.30. The Kier molecular flexibility index (Phi) is 3.52. The highest BCUT2D eigenvalue weighted by Crippen LogP contribution is 2.25. The van der Waals surface area contributed by atoms with Gasteiger partial charge in [0.1, 0.15) is 0 Å². The van der Waals surface area contributed by atoms with E-state index in [0.29, 0.717) is 18.9 Å². The summed E-state index contributed by atoms with van der Waals surface area (Å²) in [6.07, 6.45) is 3.28. The summed E-state index contributed by atoms with van der Waals surface area (Å²) in [5.41, 5.74) is 1.87. The number of aromatic nitrogens is 1. The Morgan fingerprint density at radius 3 is 3.11 bits per heavy atom. The summed E-state index contributed by atoms with van der Waals surface area (Å²) in [5, 5.41) is 13.7. The summed E-state index contributed by atoms with van der Waals surface area (Å²) >= 11 is 0. The van der Waals surface area contributed by atoms with Gasteiger partial charge in [0.25, 0.3) is 5.91 Å². The predicted octanol–water partition coefficient (Wildman–Crippen LogP) is 0.387. The molecule has 1 atom stereocenters. The number of aryl methyl sites for hydroxylation is 1. The zero-order chi connectivity index (χ0) is 13.2. The monoisotopic (exact) mass is 266 g/mol. The van der Waals surface area contributed by atoms with Gasteiger partial charge in [0.05, 0.1) is 25.0 Å². The van der Waals surface area contributed by atoms with Crippen LogP contribution in [0.5, 0.6) is 0 Å². The molecule has 0 spiro atoms. The molecule has 1 fully saturated rings. The van der Waals surface area contributed by atoms with Gasteiger partial charge in [-0.2, -0.15) is 0 Å². The summed E-state index contributed by atoms with van der Waals surface area (Å²) in [6.45, 7) is 1.48. The highest BCUT2D eigenvalue weighted by atomic mass is 16.5. The van der Waals surface area contributed by atoms with Gasteiger partial charge in [0, 0.05) is 18.7 Å². The first-order valence-corrected chi connectivity index (χ1v) is 6.78. The maximum Gasteiger partial charge on any atom is 0.292 e. The Labute approximate surface area is 111 Å². The number of hydrogen-bond acceptors (Lipinski definition) is 5. The Morgan fingerprint density at radius 2 is 2.21 bits per heavy atom. The van der Waals surface area contributed by atoms with E-state index in [4.69, 9.17) is 9.26 Å². The van der Waals surface area contributed by atoms with Gasteiger partial charge in [-0.1, -0.05) is 5.16 Å². The summed E-state index contributed by atoms with van der Waals surface area (Å²) in [4.78, 5) is 14.0. The van der Waals surface area contributed by atoms with Crippen molar-refractivity contribution < 1.29 is 19.2 Å². The van der Waals surface area contributed by atoms with E-state index in [1.807, 2.05) is 0 Å². The fourth-order valence-electron chi connectivity index (χ4n) is 2.68. The first-order chi connectivity index (χ1) is 9.25. The lowest BCUT2D eigenvalue weighted by atomic mass is 9.96. The van der Waals surface area contributed by atoms with E-state index >= 15 is 0 Å². The minimum absolute atomic E-state index is 0.180. The molecule has 3 rings (SSSR count). The summed E-state index contributed by atoms with van der Waals surface area (Å²) in [6, 6.07) is 0. The van der Waals surface area contributed by atoms with Crippen LogP contribution in [0.3, 0.4) is 0 Å². The van der Waals surface area contributed by atoms with E-state index in [1.54, 1.807) is 4.90 Å². The van der Waals surface area contributed by atoms with Gasteiger partial charge in [-0.15, -0.1) is 0 Å². The lowest BCUT2D eigenvalue weighted by Crippen LogP contribution is -2.38. The minimum atomic E-state index is -0.634. The molecule has 19 heavy (non-hydrogen) atoms. The molecule has 1 amide bonds. The minimum Gasteiger partial charge on any atom is -0.389 e. The molecular formula is C13H18N2O4. The first kappa shape index (κ1) is 12.6. The van der Waals surface area contributed by atoms with Crippen molar-refractivity contribution in [3.63, 3.8) is 0 Å². The highest BCUT2D eigenvalue weighted by molar-refractivity contribution is 5.93. The molecule has 1 aromatic rings. The van der Waals surface area contributed by atoms with Crippen molar-refractivity contribution in [2.24, 2.45) is 0 Å². The lowest BCUT2D eigenvalue weighted by Gasteiger charge is -2.20. The number of fused-ring (bicyclic) bond motifs is 1. The molecule has 1 aliphatic heterocycles. The molecule has 1 aliphatic carbocycles. The highest BCUT2D eigenvalue weighted by Gasteiger charge is 2.29. The fraction of sp³-hybridized carbons (Fsp3) is 0.692. The predicted molar refractivity (Wildman–Crippen MR) is 65.9 cm³/mol. The number of ether oxygens (including phenoxy) is 1. The van der Waals surface area contributed by atoms with Gasteiger partial charge in [-0.3, -0.25) is 4.79 Å². The van der Waals surface area contributed by atoms with Gasteiger partial charge in [0.15, 0.2) is 0 Å². The van der Waals surface area contributed by atoms with Crippen LogP contribution in [-0.4, -0.2) is 53.5 Å². The Bertz CT molecular complexity index is 471. The number of β-amino-alcohol motifs (C(OH)–C–C–N with tert-alkyl or cyclic N) is 1. The van der Waals surface area contributed by atoms with E-state index in [2.05, 4.69) is 5.16 Å². The van der Waals surface area contributed by atoms with E-state index in [1.165, 1.54) is 0 Å². The lowest BCUT2D eigenvalue weighted by molar-refractivity contribution is 0.0522. The molecule has 6 nitrogen and oxygen atoms in total. The molecule has 0 bridgehead atoms. The van der Waals surface area contributed by atoms with E-state index in [-0.39, 0.29) is 19.1 Å². The molecule has 104 valence electrons. The molecule has 1 unspecified atom stereocenters. The Hall–Kier alpha value is -1.40. The van der Waals surface area contributed by atoms with Crippen LogP contribution in [0.15, 0.2) is 4.52 Å². The van der Waals surface area contributed by atoms with Crippen LogP contribution in [0.4, 0.5) is 0 Å². The number of carbonyl (C=O) groups excluding carboxylic acids is 1. The van der Waals surface area contributed by atoms with Crippen molar-refractivity contribution in [2.45, 2.75) is 31.8 Å². The molecule has 6 heteroatoms. The van der Waals surface area contributed by atoms with Crippen LogP contribution in [0, 0.1) is 0 Å². The van der Waals surface area contributed by atoms with Crippen LogP contribution in [0.25, 0.3) is 0 Å². The molecular weight excluding hydrogens is 248 g/mol. The van der Waals surface area contributed by atoms with Crippen molar-refractivity contribution in [1.82, 2.24) is 10.1 Å². The second-order valence-electron chi connectivity index (χ2n) is 5.12. The molecule has 0 radical (unpaired) electrons. The number of rotatable bonds is 1. The third-order valence-corrected chi connectivity index (χ3v) is 3.69. The van der Waals surface area contributed by atoms with Crippen LogP contribution < -0.4 is 0 Å². The summed E-state index contributed by atoms with van der Waals surface area (Å²) < 4.78 is 10.5. The molecule has 1 aromatic heterocycles. The van der Waals surface area contributed by atoms with Crippen molar-refractivity contribution in [3.8, 4) is 0 Å². The Balaban J connectivity index is 1.81. The third kappa shape index (κ3) is 2.50. The number of amides is 1. The van der Waals surface area contributed by atoms with E-state index < -0.39 is 6.10 Å². The maximum atomic E-state index is 12.5. The van der Waals surface area contributed by atoms with Crippen molar-refractivity contribution in [3.05, 3.63) is 17.0 Å². The molecule has 2 heterocycles. The van der Waals surface area contributed by atoms with Crippen molar-refractivity contribution >= 4 is 5.91 Å². The normalized spacial score (nSPS) is 23.8. The second-order valence-corrected chi connectivity index (χ2v) is 5.12. The van der Waals surface area contributed by atoms with Crippen LogP contribution in [-0.2, 0) is 17.6 Å². The quantitative estimate of drug-likeness (QED) is 0.795. The average Bonchev–Trinajstić information content (AvgIpc) is 2.73. The van der Waals surface area contributed by atoms with Crippen LogP contribution in [0.1, 0.15) is 34.7 Å². The molecule has 0 aromatic carbocycles.